The van der Waals surface area contributed by atoms with E-state index in [1.165, 1.54) is 34.6 Å². The zero-order chi connectivity index (χ0) is 27.7. The second-order valence-electron chi connectivity index (χ2n) is 10.2. The summed E-state index contributed by atoms with van der Waals surface area (Å²) >= 11 is 1.41. The Morgan fingerprint density at radius 1 is 0.925 bits per heavy atom. The number of carbonyl (C=O) groups excluding carboxylic acids is 1. The number of halogens is 3. The Morgan fingerprint density at radius 3 is 2.52 bits per heavy atom. The highest BCUT2D eigenvalue weighted by Gasteiger charge is 2.31. The third kappa shape index (κ3) is 5.90. The lowest BCUT2D eigenvalue weighted by Crippen LogP contribution is -2.24. The van der Waals surface area contributed by atoms with Crippen molar-refractivity contribution >= 4 is 17.1 Å². The van der Waals surface area contributed by atoms with Gasteiger partial charge >= 0.3 is 6.18 Å². The molecule has 0 radical (unpaired) electrons. The Kier molecular flexibility index (Phi) is 7.33. The minimum Gasteiger partial charge on any atom is -0.454 e. The van der Waals surface area contributed by atoms with Crippen LogP contribution in [0.25, 0.3) is 0 Å². The van der Waals surface area contributed by atoms with Crippen LogP contribution in [0.15, 0.2) is 72.1 Å². The molecule has 0 spiro atoms. The summed E-state index contributed by atoms with van der Waals surface area (Å²) in [6, 6.07) is 19.3. The van der Waals surface area contributed by atoms with Crippen molar-refractivity contribution in [1.29, 1.82) is 0 Å². The lowest BCUT2D eigenvalue weighted by molar-refractivity contribution is -0.137. The van der Waals surface area contributed by atoms with E-state index in [4.69, 9.17) is 9.47 Å². The smallest absolute Gasteiger partial charge is 0.416 e. The average Bonchev–Trinajstić information content (AvgIpc) is 3.61. The summed E-state index contributed by atoms with van der Waals surface area (Å²) in [5, 5.41) is 2.55. The van der Waals surface area contributed by atoms with E-state index in [0.29, 0.717) is 42.3 Å². The molecule has 0 N–H and O–H groups in total. The van der Waals surface area contributed by atoms with Gasteiger partial charge in [0.05, 0.1) is 12.1 Å². The quantitative estimate of drug-likeness (QED) is 0.214. The molecule has 1 unspecified atom stereocenters. The zero-order valence-corrected chi connectivity index (χ0v) is 22.4. The van der Waals surface area contributed by atoms with Crippen LogP contribution in [-0.2, 0) is 38.7 Å². The molecule has 1 aromatic heterocycles. The molecule has 40 heavy (non-hydrogen) atoms. The number of carbonyl (C=O) groups is 1. The van der Waals surface area contributed by atoms with E-state index in [1.807, 2.05) is 35.2 Å². The number of Topliss-reactive ketones (excluding diaryl/α,β-unsaturated/α-hetero) is 1. The summed E-state index contributed by atoms with van der Waals surface area (Å²) in [4.78, 5) is 20.0. The molecule has 5 nitrogen and oxygen atoms in total. The minimum atomic E-state index is -4.41. The molecule has 206 valence electrons. The molecule has 6 rings (SSSR count). The van der Waals surface area contributed by atoms with Gasteiger partial charge in [0.1, 0.15) is 10.7 Å². The molecule has 9 heteroatoms. The second kappa shape index (κ2) is 11.1. The molecule has 2 aliphatic rings. The van der Waals surface area contributed by atoms with Gasteiger partial charge in [0.15, 0.2) is 17.3 Å². The summed E-state index contributed by atoms with van der Waals surface area (Å²) in [6.45, 7) is 1.28. The van der Waals surface area contributed by atoms with Crippen molar-refractivity contribution in [2.75, 3.05) is 6.79 Å². The number of thiazole rings is 1. The van der Waals surface area contributed by atoms with Gasteiger partial charge in [0.2, 0.25) is 6.79 Å². The van der Waals surface area contributed by atoms with Gasteiger partial charge in [-0.15, -0.1) is 11.3 Å². The van der Waals surface area contributed by atoms with Crippen LogP contribution >= 0.6 is 11.3 Å². The van der Waals surface area contributed by atoms with Crippen molar-refractivity contribution in [3.05, 3.63) is 111 Å². The molecule has 1 aliphatic heterocycles. The monoisotopic (exact) mass is 564 g/mol. The maximum atomic E-state index is 13.4. The summed E-state index contributed by atoms with van der Waals surface area (Å²) in [7, 11) is 0. The van der Waals surface area contributed by atoms with Crippen molar-refractivity contribution in [1.82, 2.24) is 9.88 Å². The normalized spacial score (nSPS) is 16.2. The fraction of sp³-hybridized carbons (Fsp3) is 0.290. The van der Waals surface area contributed by atoms with Crippen molar-refractivity contribution in [2.24, 2.45) is 5.92 Å². The molecule has 4 aromatic rings. The summed E-state index contributed by atoms with van der Waals surface area (Å²) < 4.78 is 51.0. The number of alkyl halides is 3. The first kappa shape index (κ1) is 26.5. The number of rotatable bonds is 8. The Morgan fingerprint density at radius 2 is 1.70 bits per heavy atom. The molecular weight excluding hydrogens is 537 g/mol. The maximum Gasteiger partial charge on any atom is 0.416 e. The average molecular weight is 565 g/mol. The molecule has 0 amide bonds. The molecule has 3 aromatic carbocycles. The van der Waals surface area contributed by atoms with Crippen molar-refractivity contribution in [2.45, 2.75) is 45.1 Å². The van der Waals surface area contributed by atoms with Crippen molar-refractivity contribution in [3.8, 4) is 11.5 Å². The van der Waals surface area contributed by atoms with Gasteiger partial charge in [-0.3, -0.25) is 9.69 Å². The first-order valence-corrected chi connectivity index (χ1v) is 14.0. The number of aryl methyl sites for hydroxylation is 1. The SMILES string of the molecule is O=C(c1csc(CN(Cc2cccc(C(F)(F)F)c2)Cc2ccc3c(c2)OCO3)n1)C1CCc2ccccc2C1. The van der Waals surface area contributed by atoms with Crippen molar-refractivity contribution < 1.29 is 27.4 Å². The Labute approximate surface area is 234 Å². The van der Waals surface area contributed by atoms with Gasteiger partial charge in [0, 0.05) is 24.4 Å². The van der Waals surface area contributed by atoms with E-state index in [9.17, 15) is 18.0 Å². The fourth-order valence-corrected chi connectivity index (χ4v) is 6.21. The van der Waals surface area contributed by atoms with E-state index in [0.717, 1.165) is 29.5 Å². The van der Waals surface area contributed by atoms with E-state index in [2.05, 4.69) is 17.1 Å². The number of hydrogen-bond donors (Lipinski definition) is 0. The van der Waals surface area contributed by atoms with Crippen LogP contribution in [-0.4, -0.2) is 22.5 Å². The maximum absolute atomic E-state index is 13.4. The molecule has 0 saturated heterocycles. The van der Waals surface area contributed by atoms with Crippen LogP contribution < -0.4 is 9.47 Å². The van der Waals surface area contributed by atoms with E-state index < -0.39 is 11.7 Å². The van der Waals surface area contributed by atoms with Crippen LogP contribution in [0.4, 0.5) is 13.2 Å². The van der Waals surface area contributed by atoms with Gasteiger partial charge in [-0.05, 0) is 59.7 Å². The molecular formula is C31H27F3N2O3S. The highest BCUT2D eigenvalue weighted by atomic mass is 32.1. The Balaban J connectivity index is 1.20. The van der Waals surface area contributed by atoms with Gasteiger partial charge in [-0.1, -0.05) is 48.5 Å². The summed E-state index contributed by atoms with van der Waals surface area (Å²) in [5.74, 6) is 1.27. The third-order valence-electron chi connectivity index (χ3n) is 7.38. The Bertz CT molecular complexity index is 1530. The van der Waals surface area contributed by atoms with E-state index in [1.54, 1.807) is 11.4 Å². The molecule has 0 fully saturated rings. The molecule has 0 saturated carbocycles. The van der Waals surface area contributed by atoms with Crippen LogP contribution in [0.5, 0.6) is 11.5 Å². The second-order valence-corrected chi connectivity index (χ2v) is 11.2. The highest BCUT2D eigenvalue weighted by molar-refractivity contribution is 7.09. The minimum absolute atomic E-state index is 0.0530. The number of benzene rings is 3. The topological polar surface area (TPSA) is 51.7 Å². The number of fused-ring (bicyclic) bond motifs is 2. The zero-order valence-electron chi connectivity index (χ0n) is 21.6. The van der Waals surface area contributed by atoms with Crippen LogP contribution in [0, 0.1) is 5.92 Å². The standard InChI is InChI=1S/C31H27F3N2O3S/c32-31(33,34)25-7-3-4-20(12-25)15-36(16-21-8-11-27-28(13-21)39-19-38-27)17-29-35-26(18-40-29)30(37)24-10-9-22-5-1-2-6-23(22)14-24/h1-8,11-13,18,24H,9-10,14-17,19H2. The van der Waals surface area contributed by atoms with Gasteiger partial charge in [0.25, 0.3) is 0 Å². The largest absolute Gasteiger partial charge is 0.454 e. The predicted octanol–water partition coefficient (Wildman–Crippen LogP) is 7.08. The van der Waals surface area contributed by atoms with Crippen LogP contribution in [0.3, 0.4) is 0 Å². The summed E-state index contributed by atoms with van der Waals surface area (Å²) in [5.41, 5.74) is 3.79. The van der Waals surface area contributed by atoms with E-state index >= 15 is 0 Å². The van der Waals surface area contributed by atoms with Gasteiger partial charge in [-0.2, -0.15) is 13.2 Å². The number of aromatic nitrogens is 1. The fourth-order valence-electron chi connectivity index (χ4n) is 5.39. The molecule has 2 heterocycles. The number of nitrogens with zero attached hydrogens (tertiary/aromatic N) is 2. The van der Waals surface area contributed by atoms with Crippen LogP contribution in [0.2, 0.25) is 0 Å². The predicted molar refractivity (Wildman–Crippen MR) is 145 cm³/mol. The highest BCUT2D eigenvalue weighted by Crippen LogP contribution is 2.34. The molecule has 1 atom stereocenters. The first-order chi connectivity index (χ1) is 19.3. The lowest BCUT2D eigenvalue weighted by Gasteiger charge is -2.23. The first-order valence-electron chi connectivity index (χ1n) is 13.1. The van der Waals surface area contributed by atoms with E-state index in [-0.39, 0.29) is 25.0 Å². The Hall–Kier alpha value is -3.69. The number of ether oxygens (including phenoxy) is 2. The molecule has 0 bridgehead atoms. The number of ketones is 1. The van der Waals surface area contributed by atoms with Gasteiger partial charge in [-0.25, -0.2) is 4.98 Å². The third-order valence-corrected chi connectivity index (χ3v) is 8.22. The molecule has 1 aliphatic carbocycles. The van der Waals surface area contributed by atoms with Crippen molar-refractivity contribution in [3.63, 3.8) is 0 Å². The lowest BCUT2D eigenvalue weighted by atomic mass is 9.81. The number of hydrogen-bond acceptors (Lipinski definition) is 6. The summed E-state index contributed by atoms with van der Waals surface area (Å²) in [6.07, 6.45) is -2.02. The van der Waals surface area contributed by atoms with Crippen LogP contribution in [0.1, 0.15) is 49.7 Å². The van der Waals surface area contributed by atoms with Gasteiger partial charge < -0.3 is 9.47 Å².